The van der Waals surface area contributed by atoms with E-state index in [0.717, 1.165) is 20.0 Å². The van der Waals surface area contributed by atoms with Crippen LogP contribution in [0.1, 0.15) is 110 Å². The van der Waals surface area contributed by atoms with Crippen molar-refractivity contribution in [3.05, 3.63) is 0 Å². The fraction of sp³-hybridized carbons (Fsp3) is 0.947. The molecule has 0 aromatic heterocycles. The van der Waals surface area contributed by atoms with Crippen molar-refractivity contribution in [2.24, 2.45) is 0 Å². The number of hydrogen-bond donors (Lipinski definition) is 0. The number of carbonyl (C=O) groups excluding carboxylic acids is 1. The van der Waals surface area contributed by atoms with Gasteiger partial charge in [-0.05, 0) is 6.42 Å². The van der Waals surface area contributed by atoms with Gasteiger partial charge in [0, 0.05) is 13.5 Å². The Kier molecular flexibility index (Phi) is 22.6. The SMILES string of the molecule is CCCCCCCCCCCCCCCCCC(=O)OP(=O)([O-])OC.[Na+]. The molecule has 26 heavy (non-hydrogen) atoms. The third-order valence-electron chi connectivity index (χ3n) is 4.42. The standard InChI is InChI=1S/C19H39O5P.Na/c1-3-4-5-6-7-8-9-10-11-12-13-14-15-16-17-18-19(20)24-25(21,22)23-2;/h3-18H2,1-2H3,(H,21,22);/q;+1/p-1. The molecule has 0 aliphatic heterocycles. The van der Waals surface area contributed by atoms with Crippen LogP contribution in [0.15, 0.2) is 0 Å². The van der Waals surface area contributed by atoms with Crippen molar-refractivity contribution >= 4 is 13.8 Å². The molecule has 0 aromatic rings. The summed E-state index contributed by atoms with van der Waals surface area (Å²) >= 11 is 0. The summed E-state index contributed by atoms with van der Waals surface area (Å²) in [6.45, 7) is 2.25. The van der Waals surface area contributed by atoms with Gasteiger partial charge in [0.15, 0.2) is 0 Å². The van der Waals surface area contributed by atoms with Crippen LogP contribution in [-0.4, -0.2) is 13.1 Å². The number of rotatable bonds is 18. The number of phosphoric acid groups is 1. The van der Waals surface area contributed by atoms with Crippen molar-refractivity contribution in [3.63, 3.8) is 0 Å². The van der Waals surface area contributed by atoms with Gasteiger partial charge in [0.2, 0.25) is 0 Å². The maximum absolute atomic E-state index is 11.3. The van der Waals surface area contributed by atoms with Gasteiger partial charge < -0.3 is 13.9 Å². The van der Waals surface area contributed by atoms with Gasteiger partial charge in [-0.25, -0.2) is 0 Å². The molecule has 0 amide bonds. The molecule has 0 spiro atoms. The van der Waals surface area contributed by atoms with Crippen molar-refractivity contribution in [1.29, 1.82) is 0 Å². The van der Waals surface area contributed by atoms with Crippen LogP contribution < -0.4 is 34.5 Å². The molecule has 150 valence electrons. The van der Waals surface area contributed by atoms with E-state index in [1.165, 1.54) is 77.0 Å². The van der Waals surface area contributed by atoms with Gasteiger partial charge >= 0.3 is 43.3 Å². The van der Waals surface area contributed by atoms with Gasteiger partial charge in [-0.1, -0.05) is 96.8 Å². The van der Waals surface area contributed by atoms with E-state index >= 15 is 0 Å². The molecule has 7 heteroatoms. The zero-order valence-corrected chi connectivity index (χ0v) is 20.2. The molecule has 0 heterocycles. The molecule has 0 saturated heterocycles. The summed E-state index contributed by atoms with van der Waals surface area (Å²) < 4.78 is 19.3. The summed E-state index contributed by atoms with van der Waals surface area (Å²) in [5.41, 5.74) is 0. The summed E-state index contributed by atoms with van der Waals surface area (Å²) in [6, 6.07) is 0. The Hall–Kier alpha value is 0.620. The Morgan fingerprint density at radius 3 is 1.46 bits per heavy atom. The summed E-state index contributed by atoms with van der Waals surface area (Å²) in [6.07, 6.45) is 18.9. The molecule has 0 bridgehead atoms. The average molecular weight is 400 g/mol. The maximum Gasteiger partial charge on any atom is 1.00 e. The van der Waals surface area contributed by atoms with Crippen LogP contribution in [-0.2, 0) is 18.4 Å². The van der Waals surface area contributed by atoms with E-state index in [0.29, 0.717) is 6.42 Å². The first kappa shape index (κ1) is 28.8. The van der Waals surface area contributed by atoms with Crippen molar-refractivity contribution in [2.75, 3.05) is 7.11 Å². The summed E-state index contributed by atoms with van der Waals surface area (Å²) in [5.74, 6) is -0.727. The number of phosphoric ester groups is 1. The fourth-order valence-electron chi connectivity index (χ4n) is 2.85. The molecule has 1 atom stereocenters. The molecular formula is C19H38NaO5P. The van der Waals surface area contributed by atoms with E-state index in [4.69, 9.17) is 0 Å². The minimum atomic E-state index is -4.42. The zero-order chi connectivity index (χ0) is 18.8. The van der Waals surface area contributed by atoms with Crippen LogP contribution in [0.4, 0.5) is 0 Å². The largest absolute Gasteiger partial charge is 1.00 e. The van der Waals surface area contributed by atoms with Gasteiger partial charge in [0.25, 0.3) is 0 Å². The Labute approximate surface area is 182 Å². The first-order valence-corrected chi connectivity index (χ1v) is 11.6. The van der Waals surface area contributed by atoms with Gasteiger partial charge in [-0.3, -0.25) is 9.36 Å². The predicted molar refractivity (Wildman–Crippen MR) is 100 cm³/mol. The first-order valence-electron chi connectivity index (χ1n) is 10.1. The second-order valence-electron chi connectivity index (χ2n) is 6.79. The monoisotopic (exact) mass is 400 g/mol. The predicted octanol–water partition coefficient (Wildman–Crippen LogP) is 2.91. The van der Waals surface area contributed by atoms with Crippen LogP contribution in [0.5, 0.6) is 0 Å². The van der Waals surface area contributed by atoms with Gasteiger partial charge in [-0.2, -0.15) is 0 Å². The number of unbranched alkanes of at least 4 members (excludes halogenated alkanes) is 14. The van der Waals surface area contributed by atoms with E-state index in [1.54, 1.807) is 0 Å². The zero-order valence-electron chi connectivity index (χ0n) is 17.3. The average Bonchev–Trinajstić information content (AvgIpc) is 2.58. The maximum atomic E-state index is 11.3. The van der Waals surface area contributed by atoms with Crippen molar-refractivity contribution in [1.82, 2.24) is 0 Å². The van der Waals surface area contributed by atoms with Gasteiger partial charge in [0.05, 0.1) is 0 Å². The second kappa shape index (κ2) is 20.4. The van der Waals surface area contributed by atoms with Crippen molar-refractivity contribution in [2.45, 2.75) is 110 Å². The summed E-state index contributed by atoms with van der Waals surface area (Å²) in [7, 11) is -3.44. The summed E-state index contributed by atoms with van der Waals surface area (Å²) in [4.78, 5) is 22.2. The molecule has 0 fully saturated rings. The smallest absolute Gasteiger partial charge is 0.746 e. The minimum absolute atomic E-state index is 0. The molecule has 1 unspecified atom stereocenters. The topological polar surface area (TPSA) is 75.7 Å². The molecule has 5 nitrogen and oxygen atoms in total. The van der Waals surface area contributed by atoms with E-state index in [9.17, 15) is 14.3 Å². The number of hydrogen-bond acceptors (Lipinski definition) is 5. The second-order valence-corrected chi connectivity index (χ2v) is 8.23. The molecule has 0 rings (SSSR count). The van der Waals surface area contributed by atoms with Gasteiger partial charge in [-0.15, -0.1) is 0 Å². The number of carbonyl (C=O) groups is 1. The molecule has 0 N–H and O–H groups in total. The first-order chi connectivity index (χ1) is 12.0. The molecule has 0 aliphatic rings. The van der Waals surface area contributed by atoms with Crippen molar-refractivity contribution < 1.29 is 52.9 Å². The Morgan fingerprint density at radius 1 is 0.769 bits per heavy atom. The molecule has 0 aliphatic carbocycles. The third kappa shape index (κ3) is 20.9. The van der Waals surface area contributed by atoms with Crippen LogP contribution in [0.25, 0.3) is 0 Å². The molecule has 0 radical (unpaired) electrons. The normalized spacial score (nSPS) is 13.0. The Bertz CT molecular complexity index is 366. The van der Waals surface area contributed by atoms with Crippen molar-refractivity contribution in [3.8, 4) is 0 Å². The molecule has 0 saturated carbocycles. The van der Waals surface area contributed by atoms with Gasteiger partial charge in [0.1, 0.15) is 0 Å². The van der Waals surface area contributed by atoms with E-state index in [2.05, 4.69) is 16.0 Å². The van der Waals surface area contributed by atoms with Crippen LogP contribution in [0.2, 0.25) is 0 Å². The van der Waals surface area contributed by atoms with Crippen LogP contribution in [0, 0.1) is 0 Å². The minimum Gasteiger partial charge on any atom is -0.746 e. The molecule has 0 aromatic carbocycles. The van der Waals surface area contributed by atoms with E-state index in [1.807, 2.05) is 0 Å². The van der Waals surface area contributed by atoms with E-state index in [-0.39, 0.29) is 36.0 Å². The third-order valence-corrected chi connectivity index (χ3v) is 5.30. The quantitative estimate of drug-likeness (QED) is 0.201. The van der Waals surface area contributed by atoms with Crippen LogP contribution >= 0.6 is 7.82 Å². The summed E-state index contributed by atoms with van der Waals surface area (Å²) in [5, 5.41) is 0. The molecular weight excluding hydrogens is 362 g/mol. The van der Waals surface area contributed by atoms with E-state index < -0.39 is 13.8 Å². The Morgan fingerprint density at radius 2 is 1.12 bits per heavy atom. The van der Waals surface area contributed by atoms with Crippen LogP contribution in [0.3, 0.4) is 0 Å². The Balaban J connectivity index is 0. The fourth-order valence-corrected chi connectivity index (χ4v) is 3.26.